The number of carbonyl (C=O) groups excluding carboxylic acids is 1. The number of aryl methyl sites for hydroxylation is 1. The maximum Gasteiger partial charge on any atom is 0.233 e. The van der Waals surface area contributed by atoms with E-state index >= 15 is 0 Å². The number of ether oxygens (including phenoxy) is 1. The van der Waals surface area contributed by atoms with E-state index in [1.807, 2.05) is 13.0 Å². The number of methoxy groups -OCH3 is 1. The third-order valence-electron chi connectivity index (χ3n) is 3.55. The SMILES string of the molecule is CCNC(=O)CNC1CCCc2cc(OC)ccc21. The molecule has 0 aromatic heterocycles. The van der Waals surface area contributed by atoms with Crippen LogP contribution in [0.3, 0.4) is 0 Å². The predicted octanol–water partition coefficient (Wildman–Crippen LogP) is 1.80. The van der Waals surface area contributed by atoms with Crippen LogP contribution in [0.1, 0.15) is 36.9 Å². The van der Waals surface area contributed by atoms with Gasteiger partial charge >= 0.3 is 0 Å². The van der Waals surface area contributed by atoms with Crippen LogP contribution in [-0.2, 0) is 11.2 Å². The van der Waals surface area contributed by atoms with Crippen molar-refractivity contribution in [3.8, 4) is 5.75 Å². The molecule has 1 amide bonds. The minimum Gasteiger partial charge on any atom is -0.497 e. The summed E-state index contributed by atoms with van der Waals surface area (Å²) < 4.78 is 5.26. The molecule has 1 atom stereocenters. The predicted molar refractivity (Wildman–Crippen MR) is 75.4 cm³/mol. The van der Waals surface area contributed by atoms with Crippen molar-refractivity contribution in [2.75, 3.05) is 20.2 Å². The molecule has 4 nitrogen and oxygen atoms in total. The molecule has 0 bridgehead atoms. The molecule has 0 fully saturated rings. The summed E-state index contributed by atoms with van der Waals surface area (Å²) in [5, 5.41) is 6.15. The summed E-state index contributed by atoms with van der Waals surface area (Å²) in [6, 6.07) is 6.49. The van der Waals surface area contributed by atoms with Gasteiger partial charge in [0.15, 0.2) is 0 Å². The molecule has 19 heavy (non-hydrogen) atoms. The van der Waals surface area contributed by atoms with Crippen LogP contribution in [-0.4, -0.2) is 26.1 Å². The normalized spacial score (nSPS) is 17.7. The zero-order valence-electron chi connectivity index (χ0n) is 11.7. The number of amides is 1. The fourth-order valence-electron chi connectivity index (χ4n) is 2.61. The topological polar surface area (TPSA) is 50.4 Å². The standard InChI is InChI=1S/C15H22N2O2/c1-3-16-15(18)10-17-14-6-4-5-11-9-12(19-2)7-8-13(11)14/h7-9,14,17H,3-6,10H2,1-2H3,(H,16,18). The Morgan fingerprint density at radius 3 is 3.05 bits per heavy atom. The fraction of sp³-hybridized carbons (Fsp3) is 0.533. The van der Waals surface area contributed by atoms with Gasteiger partial charge in [0.25, 0.3) is 0 Å². The van der Waals surface area contributed by atoms with Crippen LogP contribution in [0.4, 0.5) is 0 Å². The highest BCUT2D eigenvalue weighted by atomic mass is 16.5. The zero-order valence-corrected chi connectivity index (χ0v) is 11.7. The van der Waals surface area contributed by atoms with Gasteiger partial charge in [-0.2, -0.15) is 0 Å². The molecule has 2 rings (SSSR count). The molecular formula is C15H22N2O2. The van der Waals surface area contributed by atoms with Crippen LogP contribution >= 0.6 is 0 Å². The Morgan fingerprint density at radius 1 is 1.47 bits per heavy atom. The summed E-state index contributed by atoms with van der Waals surface area (Å²) in [7, 11) is 1.69. The van der Waals surface area contributed by atoms with Gasteiger partial charge in [0.05, 0.1) is 13.7 Å². The van der Waals surface area contributed by atoms with E-state index in [4.69, 9.17) is 4.74 Å². The number of benzene rings is 1. The van der Waals surface area contributed by atoms with Crippen LogP contribution in [0.15, 0.2) is 18.2 Å². The zero-order chi connectivity index (χ0) is 13.7. The Hall–Kier alpha value is -1.55. The minimum absolute atomic E-state index is 0.0585. The van der Waals surface area contributed by atoms with Crippen molar-refractivity contribution in [2.45, 2.75) is 32.2 Å². The maximum atomic E-state index is 11.5. The second kappa shape index (κ2) is 6.57. The largest absolute Gasteiger partial charge is 0.497 e. The second-order valence-electron chi connectivity index (χ2n) is 4.84. The van der Waals surface area contributed by atoms with E-state index in [0.717, 1.165) is 25.0 Å². The molecule has 0 saturated carbocycles. The number of fused-ring (bicyclic) bond motifs is 1. The lowest BCUT2D eigenvalue weighted by molar-refractivity contribution is -0.120. The molecular weight excluding hydrogens is 240 g/mol. The summed E-state index contributed by atoms with van der Waals surface area (Å²) in [5.41, 5.74) is 2.63. The van der Waals surface area contributed by atoms with Crippen LogP contribution in [0.5, 0.6) is 5.75 Å². The van der Waals surface area contributed by atoms with Gasteiger partial charge in [-0.05, 0) is 49.4 Å². The first-order valence-corrected chi connectivity index (χ1v) is 6.91. The highest BCUT2D eigenvalue weighted by molar-refractivity contribution is 5.77. The van der Waals surface area contributed by atoms with Gasteiger partial charge in [0.2, 0.25) is 5.91 Å². The first-order chi connectivity index (χ1) is 9.24. The van der Waals surface area contributed by atoms with Gasteiger partial charge in [0, 0.05) is 12.6 Å². The molecule has 1 aliphatic carbocycles. The van der Waals surface area contributed by atoms with Gasteiger partial charge in [-0.15, -0.1) is 0 Å². The molecule has 0 saturated heterocycles. The number of hydrogen-bond donors (Lipinski definition) is 2. The molecule has 1 aliphatic rings. The smallest absolute Gasteiger partial charge is 0.233 e. The Kier molecular flexibility index (Phi) is 4.80. The van der Waals surface area contributed by atoms with E-state index in [2.05, 4.69) is 22.8 Å². The first-order valence-electron chi connectivity index (χ1n) is 6.91. The van der Waals surface area contributed by atoms with E-state index in [-0.39, 0.29) is 11.9 Å². The molecule has 1 aromatic carbocycles. The quantitative estimate of drug-likeness (QED) is 0.850. The number of rotatable bonds is 5. The lowest BCUT2D eigenvalue weighted by Gasteiger charge is -2.26. The summed E-state index contributed by atoms with van der Waals surface area (Å²) in [5.74, 6) is 0.964. The number of likely N-dealkylation sites (N-methyl/N-ethyl adjacent to an activating group) is 1. The molecule has 4 heteroatoms. The average molecular weight is 262 g/mol. The maximum absolute atomic E-state index is 11.5. The summed E-state index contributed by atoms with van der Waals surface area (Å²) in [4.78, 5) is 11.5. The number of carbonyl (C=O) groups is 1. The van der Waals surface area contributed by atoms with Gasteiger partial charge < -0.3 is 15.4 Å². The highest BCUT2D eigenvalue weighted by Gasteiger charge is 2.20. The van der Waals surface area contributed by atoms with Crippen LogP contribution in [0.25, 0.3) is 0 Å². The van der Waals surface area contributed by atoms with Crippen LogP contribution < -0.4 is 15.4 Å². The fourth-order valence-corrected chi connectivity index (χ4v) is 2.61. The molecule has 1 unspecified atom stereocenters. The second-order valence-corrected chi connectivity index (χ2v) is 4.84. The monoisotopic (exact) mass is 262 g/mol. The third-order valence-corrected chi connectivity index (χ3v) is 3.55. The first kappa shape index (κ1) is 13.9. The summed E-state index contributed by atoms with van der Waals surface area (Å²) in [6.07, 6.45) is 3.32. The Bertz CT molecular complexity index is 446. The van der Waals surface area contributed by atoms with E-state index in [9.17, 15) is 4.79 Å². The number of hydrogen-bond acceptors (Lipinski definition) is 3. The molecule has 2 N–H and O–H groups in total. The lowest BCUT2D eigenvalue weighted by Crippen LogP contribution is -2.36. The van der Waals surface area contributed by atoms with E-state index in [1.54, 1.807) is 7.11 Å². The van der Waals surface area contributed by atoms with Crippen molar-refractivity contribution < 1.29 is 9.53 Å². The van der Waals surface area contributed by atoms with Crippen molar-refractivity contribution >= 4 is 5.91 Å². The minimum atomic E-state index is 0.0585. The van der Waals surface area contributed by atoms with Gasteiger partial charge in [-0.25, -0.2) is 0 Å². The molecule has 0 aliphatic heterocycles. The van der Waals surface area contributed by atoms with Gasteiger partial charge in [-0.3, -0.25) is 4.79 Å². The highest BCUT2D eigenvalue weighted by Crippen LogP contribution is 2.31. The van der Waals surface area contributed by atoms with Crippen LogP contribution in [0, 0.1) is 0 Å². The Labute approximate surface area is 114 Å². The Morgan fingerprint density at radius 2 is 2.32 bits per heavy atom. The van der Waals surface area contributed by atoms with Crippen molar-refractivity contribution in [3.05, 3.63) is 29.3 Å². The molecule has 0 spiro atoms. The Balaban J connectivity index is 2.03. The molecule has 1 aromatic rings. The van der Waals surface area contributed by atoms with Gasteiger partial charge in [-0.1, -0.05) is 6.07 Å². The average Bonchev–Trinajstić information content (AvgIpc) is 2.44. The molecule has 104 valence electrons. The van der Waals surface area contributed by atoms with E-state index in [0.29, 0.717) is 13.1 Å². The van der Waals surface area contributed by atoms with Crippen molar-refractivity contribution in [3.63, 3.8) is 0 Å². The molecule has 0 heterocycles. The number of nitrogens with one attached hydrogen (secondary N) is 2. The van der Waals surface area contributed by atoms with Crippen molar-refractivity contribution in [1.82, 2.24) is 10.6 Å². The summed E-state index contributed by atoms with van der Waals surface area (Å²) in [6.45, 7) is 2.99. The van der Waals surface area contributed by atoms with E-state index in [1.165, 1.54) is 11.1 Å². The van der Waals surface area contributed by atoms with Gasteiger partial charge in [0.1, 0.15) is 5.75 Å². The van der Waals surface area contributed by atoms with Crippen molar-refractivity contribution in [2.24, 2.45) is 0 Å². The third kappa shape index (κ3) is 3.47. The molecule has 0 radical (unpaired) electrons. The van der Waals surface area contributed by atoms with Crippen molar-refractivity contribution in [1.29, 1.82) is 0 Å². The van der Waals surface area contributed by atoms with E-state index < -0.39 is 0 Å². The van der Waals surface area contributed by atoms with Crippen LogP contribution in [0.2, 0.25) is 0 Å². The lowest BCUT2D eigenvalue weighted by atomic mass is 9.87. The summed E-state index contributed by atoms with van der Waals surface area (Å²) >= 11 is 0.